The van der Waals surface area contributed by atoms with Crippen LogP contribution in [-0.4, -0.2) is 39.1 Å². The molecule has 8 nitrogen and oxygen atoms in total. The Morgan fingerprint density at radius 3 is 2.62 bits per heavy atom. The summed E-state index contributed by atoms with van der Waals surface area (Å²) < 4.78 is 39.8. The van der Waals surface area contributed by atoms with Gasteiger partial charge in [-0.15, -0.1) is 0 Å². The average Bonchev–Trinajstić information content (AvgIpc) is 3.18. The Morgan fingerprint density at radius 2 is 1.97 bits per heavy atom. The maximum Gasteiger partial charge on any atom is 0.416 e. The first-order valence-electron chi connectivity index (χ1n) is 10.4. The molecule has 1 aromatic carbocycles. The highest BCUT2D eigenvalue weighted by molar-refractivity contribution is 6.24. The van der Waals surface area contributed by atoms with E-state index >= 15 is 0 Å². The minimum absolute atomic E-state index is 0.0326. The lowest BCUT2D eigenvalue weighted by Crippen LogP contribution is -2.36. The van der Waals surface area contributed by atoms with E-state index in [0.29, 0.717) is 18.4 Å². The van der Waals surface area contributed by atoms with Gasteiger partial charge in [-0.2, -0.15) is 13.2 Å². The number of nitrogens with zero attached hydrogens (tertiary/aromatic N) is 4. The van der Waals surface area contributed by atoms with Gasteiger partial charge in [-0.1, -0.05) is 0 Å². The highest BCUT2D eigenvalue weighted by Gasteiger charge is 2.34. The van der Waals surface area contributed by atoms with E-state index in [9.17, 15) is 28.1 Å². The van der Waals surface area contributed by atoms with Crippen LogP contribution in [0.2, 0.25) is 0 Å². The summed E-state index contributed by atoms with van der Waals surface area (Å²) in [6.45, 7) is 3.95. The van der Waals surface area contributed by atoms with Crippen molar-refractivity contribution in [2.45, 2.75) is 32.1 Å². The fourth-order valence-corrected chi connectivity index (χ4v) is 3.84. The molecule has 0 spiro atoms. The molecule has 2 aromatic rings. The summed E-state index contributed by atoms with van der Waals surface area (Å²) in [5.74, 6) is -0.0879. The van der Waals surface area contributed by atoms with E-state index in [1.807, 2.05) is 18.0 Å². The number of allylic oxidation sites excluding steroid dienone is 2. The average molecular weight is 471 g/mol. The van der Waals surface area contributed by atoms with Gasteiger partial charge >= 0.3 is 6.18 Å². The number of aromatic nitrogens is 1. The van der Waals surface area contributed by atoms with Crippen LogP contribution in [-0.2, 0) is 11.0 Å². The van der Waals surface area contributed by atoms with E-state index in [4.69, 9.17) is 0 Å². The quantitative estimate of drug-likeness (QED) is 0.519. The molecule has 2 aliphatic heterocycles. The van der Waals surface area contributed by atoms with Crippen LogP contribution in [0.25, 0.3) is 5.57 Å². The molecule has 0 radical (unpaired) electrons. The number of benzene rings is 1. The molecule has 0 aliphatic carbocycles. The lowest BCUT2D eigenvalue weighted by Gasteiger charge is -2.25. The number of nitro benzene ring substituents is 1. The number of amides is 1. The zero-order chi connectivity index (χ0) is 24.6. The number of non-ortho nitro benzene ring substituents is 1. The number of amidine groups is 1. The number of hydrogen-bond acceptors (Lipinski definition) is 6. The monoisotopic (exact) mass is 471 g/mol. The summed E-state index contributed by atoms with van der Waals surface area (Å²) in [7, 11) is 0. The van der Waals surface area contributed by atoms with Crippen molar-refractivity contribution in [3.05, 3.63) is 87.4 Å². The number of hydrogen-bond donors (Lipinski definition) is 1. The fourth-order valence-electron chi connectivity index (χ4n) is 3.84. The maximum atomic E-state index is 13.3. The topological polar surface area (TPSA) is 101 Å². The second-order valence-electron chi connectivity index (χ2n) is 8.10. The Hall–Kier alpha value is -4.02. The number of rotatable bonds is 5. The molecular weight excluding hydrogens is 451 g/mol. The number of nitro groups is 1. The highest BCUT2D eigenvalue weighted by Crippen LogP contribution is 2.34. The first-order valence-corrected chi connectivity index (χ1v) is 10.4. The van der Waals surface area contributed by atoms with Gasteiger partial charge in [0.05, 0.1) is 28.1 Å². The zero-order valence-electron chi connectivity index (χ0n) is 18.2. The number of pyridine rings is 1. The molecule has 4 rings (SSSR count). The van der Waals surface area contributed by atoms with Gasteiger partial charge in [0.1, 0.15) is 5.84 Å². The third kappa shape index (κ3) is 4.68. The lowest BCUT2D eigenvalue weighted by molar-refractivity contribution is -0.385. The number of nitrogens with one attached hydrogen (secondary N) is 1. The fraction of sp³-hybridized carbons (Fsp3) is 0.261. The molecule has 0 bridgehead atoms. The predicted molar refractivity (Wildman–Crippen MR) is 119 cm³/mol. The van der Waals surface area contributed by atoms with Crippen molar-refractivity contribution in [2.24, 2.45) is 4.99 Å². The van der Waals surface area contributed by atoms with Crippen LogP contribution in [0, 0.1) is 10.1 Å². The van der Waals surface area contributed by atoms with Gasteiger partial charge in [0.2, 0.25) is 0 Å². The van der Waals surface area contributed by atoms with E-state index in [-0.39, 0.29) is 17.2 Å². The van der Waals surface area contributed by atoms with Crippen LogP contribution < -0.4 is 5.32 Å². The van der Waals surface area contributed by atoms with Crippen molar-refractivity contribution in [3.8, 4) is 0 Å². The molecule has 176 valence electrons. The van der Waals surface area contributed by atoms with Crippen LogP contribution in [0.15, 0.2) is 65.6 Å². The molecule has 0 fully saturated rings. The van der Waals surface area contributed by atoms with Crippen LogP contribution >= 0.6 is 0 Å². The zero-order valence-corrected chi connectivity index (χ0v) is 18.2. The molecule has 11 heteroatoms. The minimum atomic E-state index is -4.77. The molecule has 2 atom stereocenters. The Kier molecular flexibility index (Phi) is 5.94. The van der Waals surface area contributed by atoms with Gasteiger partial charge in [-0.25, -0.2) is 0 Å². The minimum Gasteiger partial charge on any atom is -0.345 e. The molecule has 34 heavy (non-hydrogen) atoms. The predicted octanol–water partition coefficient (Wildman–Crippen LogP) is 4.27. The lowest BCUT2D eigenvalue weighted by atomic mass is 9.99. The summed E-state index contributed by atoms with van der Waals surface area (Å²) in [4.78, 5) is 33.9. The molecule has 2 aliphatic rings. The first-order chi connectivity index (χ1) is 16.0. The second kappa shape index (κ2) is 8.73. The SMILES string of the molecule is C[C@@H]1CN2C=C(c3ccncc3)C=C(C(=O)N[C@H](C)c3cc([N+](=O)[O-])cc(C(F)(F)F)c3)C2=N1. The molecule has 1 N–H and O–H groups in total. The number of alkyl halides is 3. The van der Waals surface area contributed by atoms with Crippen molar-refractivity contribution in [1.29, 1.82) is 0 Å². The van der Waals surface area contributed by atoms with Gasteiger partial charge in [0.15, 0.2) is 0 Å². The Bertz CT molecular complexity index is 1240. The highest BCUT2D eigenvalue weighted by atomic mass is 19.4. The Labute approximate surface area is 192 Å². The van der Waals surface area contributed by atoms with Crippen LogP contribution in [0.1, 0.15) is 36.6 Å². The van der Waals surface area contributed by atoms with E-state index in [1.54, 1.807) is 30.6 Å². The first kappa shape index (κ1) is 23.1. The standard InChI is InChI=1S/C23H20F3N5O3/c1-13-11-30-12-17(15-3-5-27-6-4-15)9-20(21(30)28-13)22(32)29-14(2)16-7-18(23(24,25)26)10-19(8-16)31(33)34/h3-10,12-14H,11H2,1-2H3,(H,29,32)/t13-,14-/m1/s1. The van der Waals surface area contributed by atoms with Crippen LogP contribution in [0.4, 0.5) is 18.9 Å². The number of aliphatic imine (C=N–C) groups is 1. The number of carbonyl (C=O) groups is 1. The Balaban J connectivity index is 1.65. The summed E-state index contributed by atoms with van der Waals surface area (Å²) >= 11 is 0. The summed E-state index contributed by atoms with van der Waals surface area (Å²) in [6, 6.07) is 4.91. The molecule has 1 aromatic heterocycles. The molecule has 0 saturated carbocycles. The van der Waals surface area contributed by atoms with Gasteiger partial charge < -0.3 is 10.2 Å². The van der Waals surface area contributed by atoms with Gasteiger partial charge in [-0.3, -0.25) is 24.9 Å². The summed E-state index contributed by atoms with van der Waals surface area (Å²) in [5, 5.41) is 13.8. The molecule has 1 amide bonds. The number of carbonyl (C=O) groups excluding carboxylic acids is 1. The molecule has 0 unspecified atom stereocenters. The van der Waals surface area contributed by atoms with E-state index in [2.05, 4.69) is 15.3 Å². The number of fused-ring (bicyclic) bond motifs is 1. The second-order valence-corrected chi connectivity index (χ2v) is 8.10. The maximum absolute atomic E-state index is 13.3. The third-order valence-electron chi connectivity index (χ3n) is 5.50. The number of halogens is 3. The van der Waals surface area contributed by atoms with Gasteiger partial charge in [0, 0.05) is 37.3 Å². The summed E-state index contributed by atoms with van der Waals surface area (Å²) in [5.41, 5.74) is -0.0474. The van der Waals surface area contributed by atoms with Crippen LogP contribution in [0.5, 0.6) is 0 Å². The van der Waals surface area contributed by atoms with Crippen LogP contribution in [0.3, 0.4) is 0 Å². The van der Waals surface area contributed by atoms with Crippen molar-refractivity contribution >= 4 is 23.0 Å². The molecule has 0 saturated heterocycles. The largest absolute Gasteiger partial charge is 0.416 e. The van der Waals surface area contributed by atoms with Crippen molar-refractivity contribution < 1.29 is 22.9 Å². The van der Waals surface area contributed by atoms with E-state index < -0.39 is 34.3 Å². The van der Waals surface area contributed by atoms with E-state index in [0.717, 1.165) is 23.3 Å². The smallest absolute Gasteiger partial charge is 0.345 e. The van der Waals surface area contributed by atoms with Gasteiger partial charge in [0.25, 0.3) is 11.6 Å². The van der Waals surface area contributed by atoms with E-state index in [1.165, 1.54) is 6.92 Å². The van der Waals surface area contributed by atoms with Gasteiger partial charge in [-0.05, 0) is 54.8 Å². The molecule has 3 heterocycles. The van der Waals surface area contributed by atoms with Crippen molar-refractivity contribution in [3.63, 3.8) is 0 Å². The Morgan fingerprint density at radius 1 is 1.26 bits per heavy atom. The summed E-state index contributed by atoms with van der Waals surface area (Å²) in [6.07, 6.45) is 2.04. The van der Waals surface area contributed by atoms with Crippen molar-refractivity contribution in [1.82, 2.24) is 15.2 Å². The van der Waals surface area contributed by atoms with Crippen molar-refractivity contribution in [2.75, 3.05) is 6.54 Å². The normalized spacial score (nSPS) is 18.4. The molecular formula is C23H20F3N5O3. The third-order valence-corrected chi connectivity index (χ3v) is 5.50.